The van der Waals surface area contributed by atoms with E-state index in [0.29, 0.717) is 0 Å². The van der Waals surface area contributed by atoms with Gasteiger partial charge in [-0.3, -0.25) is 0 Å². The first kappa shape index (κ1) is 12.5. The van der Waals surface area contributed by atoms with Gasteiger partial charge in [0, 0.05) is 11.3 Å². The summed E-state index contributed by atoms with van der Waals surface area (Å²) in [5, 5.41) is 9.03. The summed E-state index contributed by atoms with van der Waals surface area (Å²) in [4.78, 5) is 0. The van der Waals surface area contributed by atoms with Gasteiger partial charge in [-0.25, -0.2) is 0 Å². The highest BCUT2D eigenvalue weighted by Gasteiger charge is 2.26. The van der Waals surface area contributed by atoms with Gasteiger partial charge in [-0.2, -0.15) is 23.1 Å². The van der Waals surface area contributed by atoms with E-state index >= 15 is 0 Å². The normalized spacial score (nSPS) is 25.1. The first-order chi connectivity index (χ1) is 7.90. The summed E-state index contributed by atoms with van der Waals surface area (Å²) in [5.74, 6) is 1.26. The molecule has 0 aliphatic heterocycles. The van der Waals surface area contributed by atoms with Crippen molar-refractivity contribution in [2.24, 2.45) is 0 Å². The highest BCUT2D eigenvalue weighted by Crippen LogP contribution is 2.29. The van der Waals surface area contributed by atoms with Crippen LogP contribution in [0.3, 0.4) is 0 Å². The first-order valence-corrected chi connectivity index (χ1v) is 8.25. The van der Waals surface area contributed by atoms with Crippen LogP contribution in [0.4, 0.5) is 0 Å². The molecule has 1 saturated carbocycles. The van der Waals surface area contributed by atoms with Gasteiger partial charge in [-0.05, 0) is 54.0 Å². The summed E-state index contributed by atoms with van der Waals surface area (Å²) in [6.07, 6.45) is 5.38. The lowest BCUT2D eigenvalue weighted by Crippen LogP contribution is -2.35. The van der Waals surface area contributed by atoms with E-state index in [2.05, 4.69) is 40.8 Å². The topological polar surface area (TPSA) is 12.0 Å². The van der Waals surface area contributed by atoms with Crippen LogP contribution in [0.5, 0.6) is 0 Å². The maximum absolute atomic E-state index is 3.74. The van der Waals surface area contributed by atoms with Crippen LogP contribution < -0.4 is 5.32 Å². The molecule has 16 heavy (non-hydrogen) atoms. The fraction of sp³-hybridized carbons (Fsp3) is 0.692. The van der Waals surface area contributed by atoms with Crippen LogP contribution >= 0.6 is 23.1 Å². The summed E-state index contributed by atoms with van der Waals surface area (Å²) in [5.41, 5.74) is 1.48. The highest BCUT2D eigenvalue weighted by atomic mass is 32.2. The van der Waals surface area contributed by atoms with E-state index in [-0.39, 0.29) is 0 Å². The molecule has 2 rings (SSSR count). The molecule has 1 aromatic rings. The molecule has 1 fully saturated rings. The standard InChI is InChI=1S/C13H21NS2/c1-2-16-13-5-3-4-12(13)14-8-6-11-7-9-15-10-11/h7,9-10,12-14H,2-6,8H2,1H3. The Bertz CT molecular complexity index is 284. The molecule has 0 radical (unpaired) electrons. The average Bonchev–Trinajstić information content (AvgIpc) is 2.91. The van der Waals surface area contributed by atoms with Crippen LogP contribution in [0.2, 0.25) is 0 Å². The van der Waals surface area contributed by atoms with Crippen LogP contribution in [-0.4, -0.2) is 23.6 Å². The number of nitrogens with one attached hydrogen (secondary N) is 1. The predicted octanol–water partition coefficient (Wildman–Crippen LogP) is 3.55. The monoisotopic (exact) mass is 255 g/mol. The van der Waals surface area contributed by atoms with Crippen molar-refractivity contribution < 1.29 is 0 Å². The zero-order chi connectivity index (χ0) is 11.2. The Morgan fingerprint density at radius 1 is 1.50 bits per heavy atom. The van der Waals surface area contributed by atoms with Gasteiger partial charge in [0.25, 0.3) is 0 Å². The van der Waals surface area contributed by atoms with Crippen molar-refractivity contribution in [3.05, 3.63) is 22.4 Å². The molecule has 0 spiro atoms. The predicted molar refractivity (Wildman–Crippen MR) is 75.6 cm³/mol. The van der Waals surface area contributed by atoms with E-state index in [4.69, 9.17) is 0 Å². The quantitative estimate of drug-likeness (QED) is 0.834. The molecule has 1 aliphatic rings. The van der Waals surface area contributed by atoms with Crippen molar-refractivity contribution in [1.29, 1.82) is 0 Å². The van der Waals surface area contributed by atoms with Crippen molar-refractivity contribution in [2.45, 2.75) is 43.9 Å². The van der Waals surface area contributed by atoms with E-state index in [9.17, 15) is 0 Å². The summed E-state index contributed by atoms with van der Waals surface area (Å²) < 4.78 is 0. The van der Waals surface area contributed by atoms with Gasteiger partial charge in [0.15, 0.2) is 0 Å². The lowest BCUT2D eigenvalue weighted by molar-refractivity contribution is 0.535. The molecule has 1 N–H and O–H groups in total. The highest BCUT2D eigenvalue weighted by molar-refractivity contribution is 7.99. The second-order valence-corrected chi connectivity index (χ2v) is 6.66. The third kappa shape index (κ3) is 3.51. The van der Waals surface area contributed by atoms with Gasteiger partial charge < -0.3 is 5.32 Å². The third-order valence-electron chi connectivity index (χ3n) is 3.23. The van der Waals surface area contributed by atoms with Crippen LogP contribution in [0.15, 0.2) is 16.8 Å². The molecule has 1 heterocycles. The van der Waals surface area contributed by atoms with E-state index in [1.54, 1.807) is 11.3 Å². The zero-order valence-electron chi connectivity index (χ0n) is 9.95. The summed E-state index contributed by atoms with van der Waals surface area (Å²) in [6, 6.07) is 3.00. The molecule has 3 heteroatoms. The number of thioether (sulfide) groups is 1. The number of hydrogen-bond donors (Lipinski definition) is 1. The Hall–Kier alpha value is 0.01000. The molecular weight excluding hydrogens is 234 g/mol. The van der Waals surface area contributed by atoms with Crippen molar-refractivity contribution in [3.8, 4) is 0 Å². The fourth-order valence-corrected chi connectivity index (χ4v) is 4.34. The third-order valence-corrected chi connectivity index (χ3v) is 5.29. The van der Waals surface area contributed by atoms with Crippen molar-refractivity contribution in [1.82, 2.24) is 5.32 Å². The molecule has 2 unspecified atom stereocenters. The van der Waals surface area contributed by atoms with Crippen molar-refractivity contribution in [2.75, 3.05) is 12.3 Å². The Morgan fingerprint density at radius 2 is 2.44 bits per heavy atom. The largest absolute Gasteiger partial charge is 0.313 e. The smallest absolute Gasteiger partial charge is 0.0201 e. The lowest BCUT2D eigenvalue weighted by Gasteiger charge is -2.19. The van der Waals surface area contributed by atoms with Crippen LogP contribution in [0.1, 0.15) is 31.7 Å². The average molecular weight is 255 g/mol. The fourth-order valence-electron chi connectivity index (χ4n) is 2.41. The van der Waals surface area contributed by atoms with E-state index in [1.165, 1.54) is 37.0 Å². The number of hydrogen-bond acceptors (Lipinski definition) is 3. The van der Waals surface area contributed by atoms with Crippen molar-refractivity contribution in [3.63, 3.8) is 0 Å². The van der Waals surface area contributed by atoms with Gasteiger partial charge in [0.1, 0.15) is 0 Å². The molecule has 90 valence electrons. The SMILES string of the molecule is CCSC1CCCC1NCCc1ccsc1. The molecule has 0 saturated heterocycles. The number of thiophene rings is 1. The van der Waals surface area contributed by atoms with E-state index in [1.807, 2.05) is 0 Å². The van der Waals surface area contributed by atoms with Crippen LogP contribution in [0.25, 0.3) is 0 Å². The van der Waals surface area contributed by atoms with Gasteiger partial charge in [-0.1, -0.05) is 13.3 Å². The zero-order valence-corrected chi connectivity index (χ0v) is 11.6. The maximum Gasteiger partial charge on any atom is 0.0201 e. The molecular formula is C13H21NS2. The summed E-state index contributed by atoms with van der Waals surface area (Å²) in [7, 11) is 0. The second kappa shape index (κ2) is 6.67. The second-order valence-electron chi connectivity index (χ2n) is 4.37. The minimum absolute atomic E-state index is 0.767. The summed E-state index contributed by atoms with van der Waals surface area (Å²) >= 11 is 3.93. The van der Waals surface area contributed by atoms with Crippen LogP contribution in [0, 0.1) is 0 Å². The van der Waals surface area contributed by atoms with E-state index < -0.39 is 0 Å². The molecule has 1 nitrogen and oxygen atoms in total. The van der Waals surface area contributed by atoms with E-state index in [0.717, 1.165) is 17.8 Å². The Balaban J connectivity index is 1.69. The molecule has 0 bridgehead atoms. The molecule has 0 amide bonds. The van der Waals surface area contributed by atoms with Gasteiger partial charge in [-0.15, -0.1) is 0 Å². The molecule has 0 aromatic carbocycles. The Kier molecular flexibility index (Phi) is 5.20. The van der Waals surface area contributed by atoms with Gasteiger partial charge in [0.05, 0.1) is 0 Å². The molecule has 1 aromatic heterocycles. The lowest BCUT2D eigenvalue weighted by atomic mass is 10.2. The number of rotatable bonds is 6. The Labute approximate surface area is 107 Å². The Morgan fingerprint density at radius 3 is 3.19 bits per heavy atom. The molecule has 2 atom stereocenters. The minimum Gasteiger partial charge on any atom is -0.313 e. The maximum atomic E-state index is 3.74. The van der Waals surface area contributed by atoms with Crippen molar-refractivity contribution >= 4 is 23.1 Å². The molecule has 1 aliphatic carbocycles. The minimum atomic E-state index is 0.767. The first-order valence-electron chi connectivity index (χ1n) is 6.26. The van der Waals surface area contributed by atoms with Gasteiger partial charge >= 0.3 is 0 Å². The van der Waals surface area contributed by atoms with Gasteiger partial charge in [0.2, 0.25) is 0 Å². The van der Waals surface area contributed by atoms with Crippen LogP contribution in [-0.2, 0) is 6.42 Å². The summed E-state index contributed by atoms with van der Waals surface area (Å²) in [6.45, 7) is 3.41.